The molecular formula is C6H10O4. The van der Waals surface area contributed by atoms with Crippen molar-refractivity contribution in [3.63, 3.8) is 0 Å². The third kappa shape index (κ3) is 6.94. The Morgan fingerprint density at radius 1 is 0.800 bits per heavy atom. The van der Waals surface area contributed by atoms with Crippen LogP contribution in [0.1, 0.15) is 25.7 Å². The monoisotopic (exact) mass is 146 g/mol. The lowest BCUT2D eigenvalue weighted by Gasteiger charge is -2.05. The molecule has 0 aromatic carbocycles. The predicted octanol–water partition coefficient (Wildman–Crippen LogP) is 0.808. The minimum Gasteiger partial charge on any atom is -0.251 e. The average molecular weight is 146 g/mol. The van der Waals surface area contributed by atoms with Gasteiger partial charge in [-0.1, -0.05) is 25.7 Å². The minimum atomic E-state index is 0.00833. The standard InChI is InChI=1S/C4H8.C2H2O4/c1-2-4-3-1;3-1-5-6-2-4/h1-4H2;1-2H. The molecule has 4 nitrogen and oxygen atoms in total. The van der Waals surface area contributed by atoms with Gasteiger partial charge in [-0.15, -0.1) is 0 Å². The highest BCUT2D eigenvalue weighted by molar-refractivity contribution is 5.40. The van der Waals surface area contributed by atoms with Gasteiger partial charge in [0.1, 0.15) is 0 Å². The van der Waals surface area contributed by atoms with Gasteiger partial charge in [0.05, 0.1) is 0 Å². The fraction of sp³-hybridized carbons (Fsp3) is 0.667. The summed E-state index contributed by atoms with van der Waals surface area (Å²) in [6, 6.07) is 0. The highest BCUT2D eigenvalue weighted by Gasteiger charge is 1.95. The molecule has 0 bridgehead atoms. The molecule has 0 aromatic rings. The molecule has 0 amide bonds. The van der Waals surface area contributed by atoms with Crippen LogP contribution in [-0.4, -0.2) is 12.9 Å². The van der Waals surface area contributed by atoms with Crippen molar-refractivity contribution in [2.45, 2.75) is 25.7 Å². The largest absolute Gasteiger partial charge is 0.344 e. The third-order valence-corrected chi connectivity index (χ3v) is 1.13. The number of carbonyl (C=O) groups excluding carboxylic acids is 2. The van der Waals surface area contributed by atoms with E-state index in [4.69, 9.17) is 9.59 Å². The Kier molecular flexibility index (Phi) is 7.10. The topological polar surface area (TPSA) is 52.6 Å². The quantitative estimate of drug-likeness (QED) is 0.256. The molecule has 0 N–H and O–H groups in total. The smallest absolute Gasteiger partial charge is 0.251 e. The Balaban J connectivity index is 0.000000172. The van der Waals surface area contributed by atoms with E-state index in [0.29, 0.717) is 0 Å². The van der Waals surface area contributed by atoms with E-state index >= 15 is 0 Å². The molecule has 1 saturated carbocycles. The molecule has 0 aromatic heterocycles. The van der Waals surface area contributed by atoms with Crippen molar-refractivity contribution < 1.29 is 19.4 Å². The molecule has 0 saturated heterocycles. The first-order valence-electron chi connectivity index (χ1n) is 3.11. The SMILES string of the molecule is C1CCC1.O=COOC=O. The molecular weight excluding hydrogens is 136 g/mol. The van der Waals surface area contributed by atoms with Crippen molar-refractivity contribution in [1.82, 2.24) is 0 Å². The molecule has 0 aliphatic heterocycles. The summed E-state index contributed by atoms with van der Waals surface area (Å²) in [5, 5.41) is 0. The molecule has 1 rings (SSSR count). The van der Waals surface area contributed by atoms with E-state index in [2.05, 4.69) is 9.78 Å². The van der Waals surface area contributed by atoms with E-state index in [-0.39, 0.29) is 12.9 Å². The number of carbonyl (C=O) groups is 2. The van der Waals surface area contributed by atoms with Gasteiger partial charge in [0.25, 0.3) is 0 Å². The number of rotatable bonds is 3. The van der Waals surface area contributed by atoms with Gasteiger partial charge in [0, 0.05) is 0 Å². The first-order valence-corrected chi connectivity index (χ1v) is 3.11. The first-order chi connectivity index (χ1) is 4.91. The van der Waals surface area contributed by atoms with E-state index in [1.807, 2.05) is 0 Å². The molecule has 0 radical (unpaired) electrons. The van der Waals surface area contributed by atoms with Gasteiger partial charge >= 0.3 is 12.9 Å². The zero-order valence-corrected chi connectivity index (χ0v) is 5.62. The molecule has 4 heteroatoms. The van der Waals surface area contributed by atoms with Crippen LogP contribution < -0.4 is 0 Å². The van der Waals surface area contributed by atoms with Crippen LogP contribution in [0.3, 0.4) is 0 Å². The van der Waals surface area contributed by atoms with Crippen LogP contribution in [-0.2, 0) is 19.4 Å². The van der Waals surface area contributed by atoms with Crippen LogP contribution >= 0.6 is 0 Å². The van der Waals surface area contributed by atoms with Crippen LogP contribution in [0.15, 0.2) is 0 Å². The van der Waals surface area contributed by atoms with Crippen molar-refractivity contribution in [2.24, 2.45) is 0 Å². The first kappa shape index (κ1) is 8.94. The van der Waals surface area contributed by atoms with E-state index in [1.165, 1.54) is 25.7 Å². The molecule has 0 spiro atoms. The molecule has 58 valence electrons. The van der Waals surface area contributed by atoms with Crippen LogP contribution in [0.25, 0.3) is 0 Å². The molecule has 1 aliphatic rings. The molecule has 0 heterocycles. The Morgan fingerprint density at radius 3 is 1.20 bits per heavy atom. The maximum Gasteiger partial charge on any atom is 0.344 e. The second-order valence-corrected chi connectivity index (χ2v) is 1.80. The zero-order chi connectivity index (χ0) is 7.66. The Bertz CT molecular complexity index is 75.7. The highest BCUT2D eigenvalue weighted by Crippen LogP contribution is 2.15. The molecule has 1 fully saturated rings. The van der Waals surface area contributed by atoms with Gasteiger partial charge in [0.15, 0.2) is 0 Å². The van der Waals surface area contributed by atoms with Crippen LogP contribution in [0.5, 0.6) is 0 Å². The van der Waals surface area contributed by atoms with E-state index < -0.39 is 0 Å². The third-order valence-electron chi connectivity index (χ3n) is 1.13. The van der Waals surface area contributed by atoms with Gasteiger partial charge in [-0.25, -0.2) is 0 Å². The lowest BCUT2D eigenvalue weighted by atomic mass is 10.0. The Hall–Kier alpha value is -1.06. The van der Waals surface area contributed by atoms with Gasteiger partial charge in [-0.3, -0.25) is 19.4 Å². The van der Waals surface area contributed by atoms with E-state index in [9.17, 15) is 0 Å². The van der Waals surface area contributed by atoms with Crippen molar-refractivity contribution in [2.75, 3.05) is 0 Å². The molecule has 0 unspecified atom stereocenters. The Labute approximate surface area is 59.0 Å². The minimum absolute atomic E-state index is 0.00833. The summed E-state index contributed by atoms with van der Waals surface area (Å²) in [5.74, 6) is 0. The molecule has 1 aliphatic carbocycles. The number of hydrogen-bond donors (Lipinski definition) is 0. The second-order valence-electron chi connectivity index (χ2n) is 1.80. The maximum atomic E-state index is 9.06. The second kappa shape index (κ2) is 7.94. The van der Waals surface area contributed by atoms with Gasteiger partial charge in [-0.2, -0.15) is 0 Å². The van der Waals surface area contributed by atoms with Crippen molar-refractivity contribution in [3.8, 4) is 0 Å². The average Bonchev–Trinajstić information content (AvgIpc) is 1.79. The predicted molar refractivity (Wildman–Crippen MR) is 32.8 cm³/mol. The van der Waals surface area contributed by atoms with Gasteiger partial charge < -0.3 is 0 Å². The van der Waals surface area contributed by atoms with Crippen LogP contribution in [0, 0.1) is 0 Å². The van der Waals surface area contributed by atoms with E-state index in [1.54, 1.807) is 0 Å². The van der Waals surface area contributed by atoms with Crippen molar-refractivity contribution >= 4 is 12.9 Å². The zero-order valence-electron chi connectivity index (χ0n) is 5.62. The molecule has 0 atom stereocenters. The van der Waals surface area contributed by atoms with Crippen molar-refractivity contribution in [1.29, 1.82) is 0 Å². The van der Waals surface area contributed by atoms with Crippen LogP contribution in [0.4, 0.5) is 0 Å². The molecule has 10 heavy (non-hydrogen) atoms. The summed E-state index contributed by atoms with van der Waals surface area (Å²) < 4.78 is 0. The normalized spacial score (nSPS) is 13.2. The fourth-order valence-electron chi connectivity index (χ4n) is 0.295. The number of hydrogen-bond acceptors (Lipinski definition) is 4. The summed E-state index contributed by atoms with van der Waals surface area (Å²) in [6.45, 7) is 0.0167. The van der Waals surface area contributed by atoms with Gasteiger partial charge in [-0.05, 0) is 0 Å². The Morgan fingerprint density at radius 2 is 1.10 bits per heavy atom. The lowest BCUT2D eigenvalue weighted by molar-refractivity contribution is -0.235. The van der Waals surface area contributed by atoms with Crippen molar-refractivity contribution in [3.05, 3.63) is 0 Å². The summed E-state index contributed by atoms with van der Waals surface area (Å²) in [4.78, 5) is 25.0. The van der Waals surface area contributed by atoms with Crippen LogP contribution in [0.2, 0.25) is 0 Å². The fourth-order valence-corrected chi connectivity index (χ4v) is 0.295. The lowest BCUT2D eigenvalue weighted by Crippen LogP contribution is -1.85. The maximum absolute atomic E-state index is 9.06. The van der Waals surface area contributed by atoms with E-state index in [0.717, 1.165) is 0 Å². The summed E-state index contributed by atoms with van der Waals surface area (Å²) in [5.41, 5.74) is 0. The summed E-state index contributed by atoms with van der Waals surface area (Å²) >= 11 is 0. The van der Waals surface area contributed by atoms with Gasteiger partial charge in [0.2, 0.25) is 0 Å². The summed E-state index contributed by atoms with van der Waals surface area (Å²) in [7, 11) is 0. The summed E-state index contributed by atoms with van der Waals surface area (Å²) in [6.07, 6.45) is 6.00. The highest BCUT2D eigenvalue weighted by atomic mass is 17.2.